The molecule has 0 spiro atoms. The number of piperidine rings is 2. The Bertz CT molecular complexity index is 2360. The fourth-order valence-corrected chi connectivity index (χ4v) is 9.75. The van der Waals surface area contributed by atoms with Crippen LogP contribution in [0.2, 0.25) is 0 Å². The fourth-order valence-electron chi connectivity index (χ4n) is 7.44. The number of azide groups is 1. The number of ether oxygens (including phenoxy) is 4. The molecule has 384 valence electrons. The van der Waals surface area contributed by atoms with Gasteiger partial charge < -0.3 is 45.1 Å². The highest BCUT2D eigenvalue weighted by Gasteiger charge is 2.35. The van der Waals surface area contributed by atoms with E-state index in [1.165, 1.54) is 20.8 Å². The third kappa shape index (κ3) is 19.9. The highest BCUT2D eigenvalue weighted by atomic mass is 31.1. The Hall–Kier alpha value is -7.12. The first-order valence-electron chi connectivity index (χ1n) is 23.6. The van der Waals surface area contributed by atoms with Crippen LogP contribution in [0.1, 0.15) is 72.9 Å². The molecule has 0 unspecified atom stereocenters. The Labute approximate surface area is 425 Å². The van der Waals surface area contributed by atoms with E-state index in [1.54, 1.807) is 25.7 Å². The van der Waals surface area contributed by atoms with E-state index in [1.807, 2.05) is 81.4 Å². The molecule has 0 aromatic heterocycles. The predicted octanol–water partition coefficient (Wildman–Crippen LogP) is 9.93. The topological polar surface area (TPSA) is 211 Å². The average molecular weight is 1000 g/mol. The third-order valence-electron chi connectivity index (χ3n) is 10.8. The van der Waals surface area contributed by atoms with Crippen LogP contribution in [0, 0.1) is 0 Å². The van der Waals surface area contributed by atoms with Gasteiger partial charge in [0.05, 0.1) is 12.1 Å². The van der Waals surface area contributed by atoms with Crippen LogP contribution < -0.4 is 32.3 Å². The summed E-state index contributed by atoms with van der Waals surface area (Å²) < 4.78 is 21.1. The highest BCUT2D eigenvalue weighted by molar-refractivity contribution is 7.79. The number of likely N-dealkylation sites (tertiary alicyclic amines) is 2. The van der Waals surface area contributed by atoms with Crippen LogP contribution in [0.3, 0.4) is 0 Å². The number of carbonyl (C=O) groups is 4. The van der Waals surface area contributed by atoms with E-state index in [0.29, 0.717) is 32.5 Å². The van der Waals surface area contributed by atoms with Crippen LogP contribution in [0.15, 0.2) is 157 Å². The molecule has 2 saturated heterocycles. The van der Waals surface area contributed by atoms with Gasteiger partial charge in [-0.05, 0) is 94.9 Å². The minimum atomic E-state index is -0.610. The van der Waals surface area contributed by atoms with Crippen LogP contribution in [0.5, 0.6) is 0 Å². The van der Waals surface area contributed by atoms with Crippen LogP contribution in [-0.4, -0.2) is 95.7 Å². The standard InChI is InChI=1S/C18H25N5O4.C18H27N3O4.C18H15P.CH4/c1-18(2,3)27-17(25)23-10-9-14(15(11-23)21-22-19)20-16(24)26-12-13-7-5-4-6-8-13;1-18(2,3)25-17(23)21-10-9-15(14(19)11-21)20-16(22)24-12-13-7-5-4-6-8-13;1-4-10-16(11-5-1)19(17-12-6-2-7-13-17)18-14-8-3-9-15-18;/h4-8,14-15H,9-12H2,1-3H3,(H,20,24);4-8,14-15H,9-12,19H2,1-3H3,(H,20,22);1-15H;1H4/t2*14-,15+;;/m10../s1. The van der Waals surface area contributed by atoms with Crippen molar-refractivity contribution in [1.82, 2.24) is 20.4 Å². The third-order valence-corrected chi connectivity index (χ3v) is 13.3. The first kappa shape index (κ1) is 57.5. The van der Waals surface area contributed by atoms with Gasteiger partial charge in [0, 0.05) is 43.2 Å². The van der Waals surface area contributed by atoms with Gasteiger partial charge in [0.1, 0.15) is 24.4 Å². The Morgan fingerprint density at radius 3 is 1.31 bits per heavy atom. The number of nitrogens with zero attached hydrogens (tertiary/aromatic N) is 5. The summed E-state index contributed by atoms with van der Waals surface area (Å²) in [6.07, 6.45) is -0.953. The van der Waals surface area contributed by atoms with Gasteiger partial charge in [0.25, 0.3) is 0 Å². The zero-order chi connectivity index (χ0) is 51.2. The Morgan fingerprint density at radius 2 is 0.944 bits per heavy atom. The first-order valence-corrected chi connectivity index (χ1v) is 25.0. The number of amides is 4. The maximum atomic E-state index is 12.2. The number of carbonyl (C=O) groups excluding carboxylic acids is 4. The number of alkyl carbamates (subject to hydrolysis) is 2. The summed E-state index contributed by atoms with van der Waals surface area (Å²) in [6, 6.07) is 49.5. The van der Waals surface area contributed by atoms with Crippen molar-refractivity contribution in [2.75, 3.05) is 26.2 Å². The molecule has 16 nitrogen and oxygen atoms in total. The van der Waals surface area contributed by atoms with Gasteiger partial charge in [-0.25, -0.2) is 19.2 Å². The molecule has 4 atom stereocenters. The molecule has 0 saturated carbocycles. The molecule has 2 fully saturated rings. The summed E-state index contributed by atoms with van der Waals surface area (Å²) >= 11 is 0. The van der Waals surface area contributed by atoms with Crippen molar-refractivity contribution in [3.05, 3.63) is 173 Å². The Balaban J connectivity index is 0.000000236. The summed E-state index contributed by atoms with van der Waals surface area (Å²) in [5.41, 5.74) is 15.6. The minimum absolute atomic E-state index is 0. The Kier molecular flexibility index (Phi) is 22.9. The molecule has 0 radical (unpaired) electrons. The van der Waals surface area contributed by atoms with E-state index in [2.05, 4.69) is 112 Å². The molecule has 2 aliphatic heterocycles. The van der Waals surface area contributed by atoms with E-state index in [9.17, 15) is 19.2 Å². The monoisotopic (exact) mass is 1000 g/mol. The molecule has 4 N–H and O–H groups in total. The van der Waals surface area contributed by atoms with Crippen molar-refractivity contribution < 1.29 is 38.1 Å². The van der Waals surface area contributed by atoms with Gasteiger partial charge in [-0.1, -0.05) is 164 Å². The van der Waals surface area contributed by atoms with Crippen LogP contribution in [0.25, 0.3) is 10.4 Å². The molecule has 0 bridgehead atoms. The van der Waals surface area contributed by atoms with Crippen LogP contribution in [-0.2, 0) is 32.2 Å². The van der Waals surface area contributed by atoms with Gasteiger partial charge in [-0.15, -0.1) is 0 Å². The smallest absolute Gasteiger partial charge is 0.410 e. The molecular weight excluding hydrogens is 932 g/mol. The molecule has 17 heteroatoms. The molecular formula is C55H71N8O8P. The van der Waals surface area contributed by atoms with Crippen molar-refractivity contribution in [1.29, 1.82) is 0 Å². The van der Waals surface area contributed by atoms with Gasteiger partial charge in [0.2, 0.25) is 0 Å². The van der Waals surface area contributed by atoms with Crippen molar-refractivity contribution in [3.63, 3.8) is 0 Å². The van der Waals surface area contributed by atoms with E-state index in [0.717, 1.165) is 11.1 Å². The van der Waals surface area contributed by atoms with E-state index >= 15 is 0 Å². The molecule has 2 heterocycles. The largest absolute Gasteiger partial charge is 0.445 e. The van der Waals surface area contributed by atoms with Crippen molar-refractivity contribution >= 4 is 48.2 Å². The fraction of sp³-hybridized carbons (Fsp3) is 0.382. The second kappa shape index (κ2) is 28.7. The number of rotatable bonds is 10. The van der Waals surface area contributed by atoms with Gasteiger partial charge in [0.15, 0.2) is 0 Å². The quantitative estimate of drug-likeness (QED) is 0.0399. The second-order valence-corrected chi connectivity index (χ2v) is 21.1. The molecule has 5 aromatic rings. The summed E-state index contributed by atoms with van der Waals surface area (Å²) in [5.74, 6) is 0. The number of hydrogen-bond donors (Lipinski definition) is 3. The Morgan fingerprint density at radius 1 is 0.597 bits per heavy atom. The molecule has 2 aliphatic rings. The number of benzene rings is 5. The summed E-state index contributed by atoms with van der Waals surface area (Å²) in [6.45, 7) is 12.5. The maximum Gasteiger partial charge on any atom is 0.410 e. The lowest BCUT2D eigenvalue weighted by Gasteiger charge is -2.37. The molecule has 72 heavy (non-hydrogen) atoms. The van der Waals surface area contributed by atoms with Crippen LogP contribution >= 0.6 is 7.92 Å². The normalized spacial score (nSPS) is 17.3. The lowest BCUT2D eigenvalue weighted by atomic mass is 10.0. The van der Waals surface area contributed by atoms with E-state index in [-0.39, 0.29) is 45.4 Å². The number of nitrogens with two attached hydrogens (primary N) is 1. The SMILES string of the molecule is C.CC(C)(C)OC(=O)N1CC[C@@H](NC(=O)OCc2ccccc2)[C@@H](N)C1.CC(C)(C)OC(=O)N1CC[C@@H](NC(=O)OCc2ccccc2)[C@@H](N=[N+]=[N-])C1.c1ccc(P(c2ccccc2)c2ccccc2)cc1. The summed E-state index contributed by atoms with van der Waals surface area (Å²) in [4.78, 5) is 54.2. The second-order valence-electron chi connectivity index (χ2n) is 18.8. The summed E-state index contributed by atoms with van der Waals surface area (Å²) in [7, 11) is -0.446. The zero-order valence-corrected chi connectivity index (χ0v) is 42.3. The lowest BCUT2D eigenvalue weighted by Crippen LogP contribution is -2.59. The van der Waals surface area contributed by atoms with Crippen molar-refractivity contribution in [2.45, 2.75) is 110 Å². The minimum Gasteiger partial charge on any atom is -0.445 e. The first-order chi connectivity index (χ1) is 34.0. The molecule has 7 rings (SSSR count). The van der Waals surface area contributed by atoms with E-state index in [4.69, 9.17) is 30.2 Å². The molecule has 4 amide bonds. The van der Waals surface area contributed by atoms with Crippen LogP contribution in [0.4, 0.5) is 19.2 Å². The summed E-state index contributed by atoms with van der Waals surface area (Å²) in [5, 5.41) is 13.4. The molecule has 5 aromatic carbocycles. The molecule has 0 aliphatic carbocycles. The van der Waals surface area contributed by atoms with Crippen molar-refractivity contribution in [3.8, 4) is 0 Å². The van der Waals surface area contributed by atoms with Gasteiger partial charge >= 0.3 is 24.4 Å². The maximum absolute atomic E-state index is 12.2. The lowest BCUT2D eigenvalue weighted by molar-refractivity contribution is 0.0167. The van der Waals surface area contributed by atoms with E-state index < -0.39 is 49.5 Å². The number of hydrogen-bond acceptors (Lipinski definition) is 10. The van der Waals surface area contributed by atoms with Gasteiger partial charge in [-0.3, -0.25) is 0 Å². The highest BCUT2D eigenvalue weighted by Crippen LogP contribution is 2.32. The number of nitrogens with one attached hydrogen (secondary N) is 2. The predicted molar refractivity (Wildman–Crippen MR) is 285 cm³/mol. The van der Waals surface area contributed by atoms with Crippen molar-refractivity contribution in [2.24, 2.45) is 10.8 Å². The zero-order valence-electron chi connectivity index (χ0n) is 41.4. The van der Waals surface area contributed by atoms with Gasteiger partial charge in [-0.2, -0.15) is 0 Å². The average Bonchev–Trinajstić information content (AvgIpc) is 3.35.